The van der Waals surface area contributed by atoms with Crippen molar-refractivity contribution >= 4 is 29.7 Å². The largest absolute Gasteiger partial charge is 0.355 e. The fourth-order valence-electron chi connectivity index (χ4n) is 3.00. The standard InChI is InChI=1S/C15H23N3OS.ClH/c19-15(12-6-3-9-16-12)17-10-4-8-14-18-11-5-1-2-7-13(11)20-14;/h12,16H,1-10H2,(H,17,19);1H. The van der Waals surface area contributed by atoms with Crippen LogP contribution in [0, 0.1) is 0 Å². The van der Waals surface area contributed by atoms with Crippen molar-refractivity contribution in [2.24, 2.45) is 0 Å². The fraction of sp³-hybridized carbons (Fsp3) is 0.733. The van der Waals surface area contributed by atoms with Crippen LogP contribution in [0.3, 0.4) is 0 Å². The van der Waals surface area contributed by atoms with Gasteiger partial charge in [-0.3, -0.25) is 4.79 Å². The highest BCUT2D eigenvalue weighted by Gasteiger charge is 2.21. The molecule has 6 heteroatoms. The molecule has 4 nitrogen and oxygen atoms in total. The van der Waals surface area contributed by atoms with Crippen LogP contribution in [-0.2, 0) is 24.1 Å². The minimum Gasteiger partial charge on any atom is -0.355 e. The van der Waals surface area contributed by atoms with Crippen LogP contribution in [0.5, 0.6) is 0 Å². The molecule has 1 aliphatic carbocycles. The van der Waals surface area contributed by atoms with E-state index in [2.05, 4.69) is 10.6 Å². The van der Waals surface area contributed by atoms with Crippen molar-refractivity contribution in [2.45, 2.75) is 57.4 Å². The fourth-order valence-corrected chi connectivity index (χ4v) is 4.19. The Bertz CT molecular complexity index is 448. The normalized spacial score (nSPS) is 20.7. The highest BCUT2D eigenvalue weighted by atomic mass is 35.5. The van der Waals surface area contributed by atoms with Crippen molar-refractivity contribution in [3.63, 3.8) is 0 Å². The Morgan fingerprint density at radius 1 is 1.33 bits per heavy atom. The summed E-state index contributed by atoms with van der Waals surface area (Å²) in [6.07, 6.45) is 9.07. The van der Waals surface area contributed by atoms with Crippen molar-refractivity contribution in [3.8, 4) is 0 Å². The number of rotatable bonds is 5. The lowest BCUT2D eigenvalue weighted by atomic mass is 10.0. The average molecular weight is 330 g/mol. The van der Waals surface area contributed by atoms with Gasteiger partial charge < -0.3 is 10.6 Å². The van der Waals surface area contributed by atoms with E-state index in [1.54, 1.807) is 0 Å². The molecule has 1 unspecified atom stereocenters. The van der Waals surface area contributed by atoms with Gasteiger partial charge in [-0.25, -0.2) is 4.98 Å². The number of nitrogens with one attached hydrogen (secondary N) is 2. The second-order valence-electron chi connectivity index (χ2n) is 5.73. The number of hydrogen-bond donors (Lipinski definition) is 2. The molecular formula is C15H24ClN3OS. The molecule has 0 saturated carbocycles. The number of aryl methyl sites for hydroxylation is 3. The molecule has 2 N–H and O–H groups in total. The molecule has 1 aliphatic heterocycles. The summed E-state index contributed by atoms with van der Waals surface area (Å²) in [5.74, 6) is 0.168. The van der Waals surface area contributed by atoms with E-state index in [9.17, 15) is 4.79 Å². The molecule has 1 atom stereocenters. The van der Waals surface area contributed by atoms with Gasteiger partial charge in [0, 0.05) is 17.8 Å². The first-order chi connectivity index (χ1) is 9.83. The number of thiazole rings is 1. The summed E-state index contributed by atoms with van der Waals surface area (Å²) >= 11 is 1.88. The van der Waals surface area contributed by atoms with E-state index >= 15 is 0 Å². The Hall–Kier alpha value is -0.650. The summed E-state index contributed by atoms with van der Waals surface area (Å²) < 4.78 is 0. The van der Waals surface area contributed by atoms with E-state index in [1.807, 2.05) is 11.3 Å². The van der Waals surface area contributed by atoms with Crippen LogP contribution in [0.4, 0.5) is 0 Å². The Morgan fingerprint density at radius 2 is 2.19 bits per heavy atom. The van der Waals surface area contributed by atoms with Crippen molar-refractivity contribution < 1.29 is 4.79 Å². The molecule has 0 radical (unpaired) electrons. The number of hydrogen-bond acceptors (Lipinski definition) is 4. The van der Waals surface area contributed by atoms with Gasteiger partial charge in [-0.1, -0.05) is 0 Å². The van der Waals surface area contributed by atoms with Crippen LogP contribution in [0.15, 0.2) is 0 Å². The molecule has 0 aromatic carbocycles. The van der Waals surface area contributed by atoms with Crippen LogP contribution in [0.25, 0.3) is 0 Å². The molecule has 0 spiro atoms. The third-order valence-corrected chi connectivity index (χ3v) is 5.35. The first-order valence-corrected chi connectivity index (χ1v) is 8.63. The summed E-state index contributed by atoms with van der Waals surface area (Å²) in [6, 6.07) is 0.0437. The lowest BCUT2D eigenvalue weighted by Gasteiger charge is -2.10. The van der Waals surface area contributed by atoms with Gasteiger partial charge in [0.25, 0.3) is 0 Å². The van der Waals surface area contributed by atoms with Crippen molar-refractivity contribution in [1.29, 1.82) is 0 Å². The van der Waals surface area contributed by atoms with Gasteiger partial charge in [0.05, 0.1) is 16.7 Å². The molecular weight excluding hydrogens is 306 g/mol. The highest BCUT2D eigenvalue weighted by Crippen LogP contribution is 2.27. The van der Waals surface area contributed by atoms with Crippen LogP contribution < -0.4 is 10.6 Å². The predicted molar refractivity (Wildman–Crippen MR) is 88.4 cm³/mol. The highest BCUT2D eigenvalue weighted by molar-refractivity contribution is 7.11. The van der Waals surface area contributed by atoms with E-state index in [0.717, 1.165) is 45.2 Å². The molecule has 1 saturated heterocycles. The summed E-state index contributed by atoms with van der Waals surface area (Å²) in [6.45, 7) is 1.74. The summed E-state index contributed by atoms with van der Waals surface area (Å²) in [5.41, 5.74) is 1.34. The monoisotopic (exact) mass is 329 g/mol. The van der Waals surface area contributed by atoms with Crippen LogP contribution >= 0.6 is 23.7 Å². The maximum absolute atomic E-state index is 11.8. The topological polar surface area (TPSA) is 54.0 Å². The number of halogens is 1. The number of amides is 1. The maximum Gasteiger partial charge on any atom is 0.237 e. The first kappa shape index (κ1) is 16.7. The van der Waals surface area contributed by atoms with Gasteiger partial charge in [0.15, 0.2) is 0 Å². The molecule has 0 bridgehead atoms. The second kappa shape index (κ2) is 8.11. The van der Waals surface area contributed by atoms with Crippen LogP contribution in [0.2, 0.25) is 0 Å². The summed E-state index contributed by atoms with van der Waals surface area (Å²) in [5, 5.41) is 7.51. The predicted octanol–water partition coefficient (Wildman–Crippen LogP) is 2.24. The van der Waals surface area contributed by atoms with Gasteiger partial charge in [-0.15, -0.1) is 23.7 Å². The minimum absolute atomic E-state index is 0. The zero-order valence-corrected chi connectivity index (χ0v) is 14.0. The maximum atomic E-state index is 11.8. The number of carbonyl (C=O) groups excluding carboxylic acids is 1. The van der Waals surface area contributed by atoms with Gasteiger partial charge in [-0.2, -0.15) is 0 Å². The Balaban J connectivity index is 0.00000161. The molecule has 1 fully saturated rings. The zero-order chi connectivity index (χ0) is 13.8. The molecule has 1 aromatic rings. The zero-order valence-electron chi connectivity index (χ0n) is 12.3. The molecule has 21 heavy (non-hydrogen) atoms. The van der Waals surface area contributed by atoms with E-state index in [1.165, 1.54) is 34.8 Å². The second-order valence-corrected chi connectivity index (χ2v) is 6.90. The first-order valence-electron chi connectivity index (χ1n) is 7.81. The van der Waals surface area contributed by atoms with Gasteiger partial charge in [0.1, 0.15) is 0 Å². The molecule has 1 aromatic heterocycles. The molecule has 118 valence electrons. The third-order valence-electron chi connectivity index (χ3n) is 4.13. The van der Waals surface area contributed by atoms with Crippen molar-refractivity contribution in [1.82, 2.24) is 15.6 Å². The third kappa shape index (κ3) is 4.41. The number of fused-ring (bicyclic) bond motifs is 1. The summed E-state index contributed by atoms with van der Waals surface area (Å²) in [7, 11) is 0. The minimum atomic E-state index is 0. The van der Waals surface area contributed by atoms with Crippen molar-refractivity contribution in [2.75, 3.05) is 13.1 Å². The summed E-state index contributed by atoms with van der Waals surface area (Å²) in [4.78, 5) is 18.1. The quantitative estimate of drug-likeness (QED) is 0.815. The molecule has 1 amide bonds. The SMILES string of the molecule is Cl.O=C(NCCCc1nc2c(s1)CCCC2)C1CCCN1. The van der Waals surface area contributed by atoms with E-state index in [4.69, 9.17) is 4.98 Å². The molecule has 3 rings (SSSR count). The lowest BCUT2D eigenvalue weighted by molar-refractivity contribution is -0.122. The van der Waals surface area contributed by atoms with Gasteiger partial charge >= 0.3 is 0 Å². The van der Waals surface area contributed by atoms with Crippen molar-refractivity contribution in [3.05, 3.63) is 15.6 Å². The van der Waals surface area contributed by atoms with E-state index in [0.29, 0.717) is 0 Å². The van der Waals surface area contributed by atoms with Crippen LogP contribution in [0.1, 0.15) is 47.7 Å². The molecule has 2 heterocycles. The molecule has 2 aliphatic rings. The Morgan fingerprint density at radius 3 is 2.95 bits per heavy atom. The number of aromatic nitrogens is 1. The smallest absolute Gasteiger partial charge is 0.237 e. The Labute approximate surface area is 136 Å². The Kier molecular flexibility index (Phi) is 6.45. The number of nitrogens with zero attached hydrogens (tertiary/aromatic N) is 1. The number of carbonyl (C=O) groups is 1. The van der Waals surface area contributed by atoms with E-state index < -0.39 is 0 Å². The van der Waals surface area contributed by atoms with Gasteiger partial charge in [0.2, 0.25) is 5.91 Å². The van der Waals surface area contributed by atoms with Crippen LogP contribution in [-0.4, -0.2) is 30.0 Å². The average Bonchev–Trinajstić information content (AvgIpc) is 3.11. The van der Waals surface area contributed by atoms with E-state index in [-0.39, 0.29) is 24.4 Å². The van der Waals surface area contributed by atoms with Gasteiger partial charge in [-0.05, 0) is 51.5 Å². The lowest BCUT2D eigenvalue weighted by Crippen LogP contribution is -2.40.